The van der Waals surface area contributed by atoms with E-state index in [4.69, 9.17) is 0 Å². The number of carbonyl (C=O) groups excluding carboxylic acids is 1. The topological polar surface area (TPSA) is 90.8 Å². The molecule has 2 aliphatic rings. The molecule has 2 fully saturated rings. The van der Waals surface area contributed by atoms with Crippen LogP contribution in [0.5, 0.6) is 0 Å². The van der Waals surface area contributed by atoms with E-state index in [0.29, 0.717) is 38.2 Å². The summed E-state index contributed by atoms with van der Waals surface area (Å²) in [7, 11) is -1.53. The van der Waals surface area contributed by atoms with Crippen LogP contribution in [0.25, 0.3) is 0 Å². The van der Waals surface area contributed by atoms with Gasteiger partial charge >= 0.3 is 12.2 Å². The maximum atomic E-state index is 13.4. The summed E-state index contributed by atoms with van der Waals surface area (Å²) in [5, 5.41) is 4.01. The van der Waals surface area contributed by atoms with Crippen LogP contribution >= 0.6 is 0 Å². The van der Waals surface area contributed by atoms with Crippen molar-refractivity contribution in [3.05, 3.63) is 41.6 Å². The van der Waals surface area contributed by atoms with Crippen LogP contribution in [-0.2, 0) is 22.7 Å². The van der Waals surface area contributed by atoms with Crippen LogP contribution in [0, 0.1) is 0 Å². The smallest absolute Gasteiger partial charge is 0.371 e. The van der Waals surface area contributed by atoms with Crippen molar-refractivity contribution in [2.45, 2.75) is 50.9 Å². The molecule has 0 unspecified atom stereocenters. The van der Waals surface area contributed by atoms with Gasteiger partial charge in [-0.15, -0.1) is 5.10 Å². The molecule has 0 spiro atoms. The average molecular weight is 543 g/mol. The first-order chi connectivity index (χ1) is 17.2. The van der Waals surface area contributed by atoms with Crippen molar-refractivity contribution in [1.82, 2.24) is 19.6 Å². The quantitative estimate of drug-likeness (QED) is 0.597. The second kappa shape index (κ2) is 10.2. The van der Waals surface area contributed by atoms with Gasteiger partial charge in [-0.3, -0.25) is 9.62 Å². The number of sulfonamides is 1. The van der Waals surface area contributed by atoms with Gasteiger partial charge in [0.2, 0.25) is 10.0 Å². The molecular formula is C24H33F3N6O3S. The van der Waals surface area contributed by atoms with Crippen LogP contribution in [0.15, 0.2) is 30.5 Å². The molecule has 37 heavy (non-hydrogen) atoms. The van der Waals surface area contributed by atoms with Crippen LogP contribution in [0.2, 0.25) is 0 Å². The van der Waals surface area contributed by atoms with Crippen molar-refractivity contribution >= 4 is 27.6 Å². The predicted molar refractivity (Wildman–Crippen MR) is 135 cm³/mol. The van der Waals surface area contributed by atoms with Crippen molar-refractivity contribution in [3.8, 4) is 0 Å². The zero-order valence-corrected chi connectivity index (χ0v) is 22.1. The molecule has 4 rings (SSSR count). The zero-order valence-electron chi connectivity index (χ0n) is 21.3. The average Bonchev–Trinajstić information content (AvgIpc) is 3.50. The zero-order chi connectivity index (χ0) is 27.0. The number of nitrogens with zero attached hydrogens (tertiary/aromatic N) is 5. The van der Waals surface area contributed by atoms with Gasteiger partial charge in [0, 0.05) is 56.2 Å². The Morgan fingerprint density at radius 3 is 2.38 bits per heavy atom. The number of nitrogens with one attached hydrogen (secondary N) is 1. The summed E-state index contributed by atoms with van der Waals surface area (Å²) in [6.45, 7) is 5.05. The fraction of sp³-hybridized carbons (Fsp3) is 0.583. The minimum absolute atomic E-state index is 0.0720. The maximum Gasteiger partial charge on any atom is 0.416 e. The molecule has 9 nitrogen and oxygen atoms in total. The summed E-state index contributed by atoms with van der Waals surface area (Å²) in [6.07, 6.45) is 1.31. The van der Waals surface area contributed by atoms with Crippen LogP contribution in [0.1, 0.15) is 43.7 Å². The molecule has 13 heteroatoms. The Morgan fingerprint density at radius 1 is 1.14 bits per heavy atom. The second-order valence-electron chi connectivity index (χ2n) is 10.2. The lowest BCUT2D eigenvalue weighted by Gasteiger charge is -2.45. The molecule has 1 aromatic carbocycles. The van der Waals surface area contributed by atoms with Gasteiger partial charge in [0.05, 0.1) is 11.8 Å². The number of halogens is 3. The third-order valence-electron chi connectivity index (χ3n) is 7.37. The lowest BCUT2D eigenvalue weighted by molar-refractivity contribution is -0.137. The SMILES string of the molecule is CN(Cc1ccc(C(F)(F)F)cc1N1CCCC1)C1(C)CCN(C(=O)n2ccc(NS(C)(=O)=O)n2)CC1. The molecule has 204 valence electrons. The van der Waals surface area contributed by atoms with Crippen LogP contribution in [0.3, 0.4) is 0 Å². The first-order valence-electron chi connectivity index (χ1n) is 12.2. The van der Waals surface area contributed by atoms with E-state index in [9.17, 15) is 26.4 Å². The molecule has 1 N–H and O–H groups in total. The van der Waals surface area contributed by atoms with Crippen molar-refractivity contribution in [2.75, 3.05) is 49.1 Å². The lowest BCUT2D eigenvalue weighted by atomic mass is 9.87. The van der Waals surface area contributed by atoms with Crippen LogP contribution < -0.4 is 9.62 Å². The Hall–Kier alpha value is -2.80. The van der Waals surface area contributed by atoms with Crippen LogP contribution in [-0.4, -0.2) is 79.1 Å². The van der Waals surface area contributed by atoms with Crippen molar-refractivity contribution in [3.63, 3.8) is 0 Å². The van der Waals surface area contributed by atoms with Gasteiger partial charge in [-0.2, -0.15) is 17.9 Å². The van der Waals surface area contributed by atoms with Gasteiger partial charge in [0.1, 0.15) is 0 Å². The Balaban J connectivity index is 1.43. The predicted octanol–water partition coefficient (Wildman–Crippen LogP) is 3.83. The lowest BCUT2D eigenvalue weighted by Crippen LogP contribution is -2.53. The number of likely N-dealkylation sites (tertiary alicyclic amines) is 1. The highest BCUT2D eigenvalue weighted by atomic mass is 32.2. The summed E-state index contributed by atoms with van der Waals surface area (Å²) < 4.78 is 66.3. The van der Waals surface area contributed by atoms with Crippen LogP contribution in [0.4, 0.5) is 29.5 Å². The summed E-state index contributed by atoms with van der Waals surface area (Å²) in [5.74, 6) is 0.0720. The Labute approximate surface area is 215 Å². The molecule has 0 atom stereocenters. The first-order valence-corrected chi connectivity index (χ1v) is 14.1. The number of anilines is 2. The number of benzene rings is 1. The third-order valence-corrected chi connectivity index (χ3v) is 7.95. The van der Waals surface area contributed by atoms with E-state index in [1.54, 1.807) is 11.0 Å². The normalized spacial score (nSPS) is 18.5. The van der Waals surface area contributed by atoms with E-state index in [2.05, 4.69) is 21.6 Å². The number of hydrogen-bond donors (Lipinski definition) is 1. The molecule has 1 amide bonds. The van der Waals surface area contributed by atoms with Gasteiger partial charge in [-0.1, -0.05) is 6.07 Å². The molecule has 2 aromatic rings. The van der Waals surface area contributed by atoms with Gasteiger partial charge in [-0.25, -0.2) is 13.2 Å². The number of piperidine rings is 1. The molecule has 0 saturated carbocycles. The Morgan fingerprint density at radius 2 is 1.78 bits per heavy atom. The fourth-order valence-electron chi connectivity index (χ4n) is 4.95. The highest BCUT2D eigenvalue weighted by Gasteiger charge is 2.37. The van der Waals surface area contributed by atoms with E-state index in [1.807, 2.05) is 11.9 Å². The van der Waals surface area contributed by atoms with Crippen molar-refractivity contribution in [2.24, 2.45) is 0 Å². The minimum atomic E-state index is -4.39. The Kier molecular flexibility index (Phi) is 7.48. The second-order valence-corrected chi connectivity index (χ2v) is 11.9. The van der Waals surface area contributed by atoms with Gasteiger partial charge < -0.3 is 9.80 Å². The summed E-state index contributed by atoms with van der Waals surface area (Å²) in [4.78, 5) is 18.8. The standard InChI is InChI=1S/C24H33F3N6O3S/c1-23(9-14-32(15-10-23)22(34)33-13-8-21(28-33)29-37(3,35)36)30(2)17-18-6-7-19(24(25,26)27)16-20(18)31-11-4-5-12-31/h6-8,13,16H,4-5,9-12,14-15,17H2,1-3H3,(H,28,29). The Bertz CT molecular complexity index is 1230. The number of hydrogen-bond acceptors (Lipinski definition) is 6. The molecule has 0 bridgehead atoms. The largest absolute Gasteiger partial charge is 0.416 e. The molecular weight excluding hydrogens is 509 g/mol. The summed E-state index contributed by atoms with van der Waals surface area (Å²) in [6, 6.07) is 5.10. The fourth-order valence-corrected chi connectivity index (χ4v) is 5.44. The van der Waals surface area contributed by atoms with Crippen molar-refractivity contribution in [1.29, 1.82) is 0 Å². The summed E-state index contributed by atoms with van der Waals surface area (Å²) in [5.41, 5.74) is 0.619. The highest BCUT2D eigenvalue weighted by molar-refractivity contribution is 7.92. The van der Waals surface area contributed by atoms with E-state index in [1.165, 1.54) is 18.3 Å². The monoisotopic (exact) mass is 542 g/mol. The third kappa shape index (κ3) is 6.38. The molecule has 1 aromatic heterocycles. The number of aromatic nitrogens is 2. The van der Waals surface area contributed by atoms with Gasteiger partial charge in [0.25, 0.3) is 0 Å². The first kappa shape index (κ1) is 27.2. The van der Waals surface area contributed by atoms with E-state index >= 15 is 0 Å². The number of amides is 1. The number of carbonyl (C=O) groups is 1. The highest BCUT2D eigenvalue weighted by Crippen LogP contribution is 2.36. The van der Waals surface area contributed by atoms with E-state index < -0.39 is 21.8 Å². The van der Waals surface area contributed by atoms with E-state index in [0.717, 1.165) is 48.5 Å². The maximum absolute atomic E-state index is 13.4. The molecule has 2 aliphatic heterocycles. The van der Waals surface area contributed by atoms with Gasteiger partial charge in [-0.05, 0) is 57.4 Å². The number of alkyl halides is 3. The molecule has 2 saturated heterocycles. The molecule has 0 radical (unpaired) electrons. The summed E-state index contributed by atoms with van der Waals surface area (Å²) >= 11 is 0. The van der Waals surface area contributed by atoms with Gasteiger partial charge in [0.15, 0.2) is 5.82 Å². The number of rotatable bonds is 6. The molecule has 3 heterocycles. The van der Waals surface area contributed by atoms with E-state index in [-0.39, 0.29) is 17.4 Å². The van der Waals surface area contributed by atoms with Crippen molar-refractivity contribution < 1.29 is 26.4 Å². The minimum Gasteiger partial charge on any atom is -0.371 e. The molecule has 0 aliphatic carbocycles.